The average Bonchev–Trinajstić information content (AvgIpc) is 2.56. The van der Waals surface area contributed by atoms with Crippen molar-refractivity contribution < 1.29 is 0 Å². The molecule has 0 fully saturated rings. The minimum atomic E-state index is 0. The Morgan fingerprint density at radius 2 is 1.64 bits per heavy atom. The lowest BCUT2D eigenvalue weighted by Gasteiger charge is -2.12. The van der Waals surface area contributed by atoms with Gasteiger partial charge in [-0.15, -0.1) is 24.0 Å². The molecule has 0 saturated carbocycles. The van der Waals surface area contributed by atoms with Crippen molar-refractivity contribution in [3.05, 3.63) is 71.3 Å². The molecule has 0 amide bonds. The van der Waals surface area contributed by atoms with E-state index < -0.39 is 0 Å². The Morgan fingerprint density at radius 1 is 1.00 bits per heavy atom. The predicted octanol–water partition coefficient (Wildman–Crippen LogP) is 3.04. The number of halogens is 1. The van der Waals surface area contributed by atoms with Crippen LogP contribution in [-0.2, 0) is 13.1 Å². The Labute approximate surface area is 148 Å². The Hall–Kier alpha value is -2.07. The second kappa shape index (κ2) is 9.79. The van der Waals surface area contributed by atoms with Crippen LogP contribution in [-0.4, -0.2) is 13.0 Å². The summed E-state index contributed by atoms with van der Waals surface area (Å²) in [6, 6.07) is 19.8. The third kappa shape index (κ3) is 5.74. The van der Waals surface area contributed by atoms with Crippen molar-refractivity contribution in [1.29, 1.82) is 5.26 Å². The summed E-state index contributed by atoms with van der Waals surface area (Å²) in [5, 5.41) is 15.4. The molecular formula is C17H19IN4. The van der Waals surface area contributed by atoms with Crippen LogP contribution in [0.1, 0.15) is 16.7 Å². The van der Waals surface area contributed by atoms with Crippen LogP contribution in [0.15, 0.2) is 59.6 Å². The first-order valence-electron chi connectivity index (χ1n) is 6.79. The van der Waals surface area contributed by atoms with Crippen LogP contribution < -0.4 is 10.6 Å². The van der Waals surface area contributed by atoms with Crippen molar-refractivity contribution in [2.24, 2.45) is 4.99 Å². The summed E-state index contributed by atoms with van der Waals surface area (Å²) in [6.45, 7) is 1.35. The highest BCUT2D eigenvalue weighted by molar-refractivity contribution is 14.0. The quantitative estimate of drug-likeness (QED) is 0.466. The van der Waals surface area contributed by atoms with E-state index in [2.05, 4.69) is 33.8 Å². The zero-order chi connectivity index (χ0) is 14.9. The molecule has 2 N–H and O–H groups in total. The van der Waals surface area contributed by atoms with Crippen molar-refractivity contribution in [3.8, 4) is 6.07 Å². The van der Waals surface area contributed by atoms with E-state index in [-0.39, 0.29) is 24.0 Å². The van der Waals surface area contributed by atoms with Gasteiger partial charge in [-0.2, -0.15) is 5.26 Å². The molecule has 0 aliphatic carbocycles. The third-order valence-electron chi connectivity index (χ3n) is 3.04. The lowest BCUT2D eigenvalue weighted by Crippen LogP contribution is -2.36. The Bertz CT molecular complexity index is 647. The van der Waals surface area contributed by atoms with Crippen LogP contribution in [0.4, 0.5) is 0 Å². The number of rotatable bonds is 4. The molecule has 0 spiro atoms. The van der Waals surface area contributed by atoms with Crippen molar-refractivity contribution in [3.63, 3.8) is 0 Å². The number of guanidine groups is 1. The van der Waals surface area contributed by atoms with Crippen molar-refractivity contribution >= 4 is 29.9 Å². The number of nitrogens with zero attached hydrogens (tertiary/aromatic N) is 2. The Kier molecular flexibility index (Phi) is 8.00. The molecule has 0 aromatic heterocycles. The van der Waals surface area contributed by atoms with E-state index in [0.29, 0.717) is 12.1 Å². The van der Waals surface area contributed by atoms with E-state index in [1.54, 1.807) is 13.1 Å². The molecule has 0 atom stereocenters. The van der Waals surface area contributed by atoms with Crippen LogP contribution >= 0.6 is 24.0 Å². The summed E-state index contributed by atoms with van der Waals surface area (Å²) in [5.41, 5.74) is 2.92. The normalized spacial score (nSPS) is 10.3. The summed E-state index contributed by atoms with van der Waals surface area (Å²) in [7, 11) is 1.74. The fourth-order valence-corrected chi connectivity index (χ4v) is 1.94. The maximum atomic E-state index is 8.89. The summed E-state index contributed by atoms with van der Waals surface area (Å²) in [6.07, 6.45) is 0. The molecule has 0 aliphatic rings. The van der Waals surface area contributed by atoms with Crippen LogP contribution in [0.25, 0.3) is 0 Å². The van der Waals surface area contributed by atoms with Gasteiger partial charge in [-0.05, 0) is 23.3 Å². The van der Waals surface area contributed by atoms with Gasteiger partial charge in [-0.1, -0.05) is 42.5 Å². The standard InChI is InChI=1S/C17H18N4.HI/c1-19-17(20-12-14-6-3-2-4-7-14)21-13-16-9-5-8-15(10-16)11-18;/h2-10H,12-13H2,1H3,(H2,19,20,21);1H. The van der Waals surface area contributed by atoms with E-state index in [9.17, 15) is 0 Å². The molecule has 0 radical (unpaired) electrons. The number of hydrogen-bond donors (Lipinski definition) is 2. The fraction of sp³-hybridized carbons (Fsp3) is 0.176. The summed E-state index contributed by atoms with van der Waals surface area (Å²) < 4.78 is 0. The summed E-state index contributed by atoms with van der Waals surface area (Å²) >= 11 is 0. The van der Waals surface area contributed by atoms with E-state index in [0.717, 1.165) is 18.1 Å². The van der Waals surface area contributed by atoms with E-state index in [1.165, 1.54) is 5.56 Å². The molecule has 5 heteroatoms. The first-order chi connectivity index (χ1) is 10.3. The maximum absolute atomic E-state index is 8.89. The van der Waals surface area contributed by atoms with Gasteiger partial charge in [0.05, 0.1) is 11.6 Å². The SMILES string of the molecule is CN=C(NCc1ccccc1)NCc1cccc(C#N)c1.I. The number of aliphatic imine (C=N–C) groups is 1. The number of hydrogen-bond acceptors (Lipinski definition) is 2. The highest BCUT2D eigenvalue weighted by atomic mass is 127. The minimum Gasteiger partial charge on any atom is -0.352 e. The van der Waals surface area contributed by atoms with Crippen LogP contribution in [0, 0.1) is 11.3 Å². The fourth-order valence-electron chi connectivity index (χ4n) is 1.94. The number of nitriles is 1. The van der Waals surface area contributed by atoms with E-state index in [4.69, 9.17) is 5.26 Å². The lowest BCUT2D eigenvalue weighted by molar-refractivity contribution is 0.809. The molecular weight excluding hydrogens is 387 g/mol. The largest absolute Gasteiger partial charge is 0.352 e. The van der Waals surface area contributed by atoms with Crippen molar-refractivity contribution in [2.45, 2.75) is 13.1 Å². The molecule has 4 nitrogen and oxygen atoms in total. The lowest BCUT2D eigenvalue weighted by atomic mass is 10.1. The molecule has 2 aromatic rings. The smallest absolute Gasteiger partial charge is 0.191 e. The number of benzene rings is 2. The van der Waals surface area contributed by atoms with Crippen LogP contribution in [0.3, 0.4) is 0 Å². The average molecular weight is 406 g/mol. The van der Waals surface area contributed by atoms with Crippen LogP contribution in [0.2, 0.25) is 0 Å². The molecule has 0 aliphatic heterocycles. The van der Waals surface area contributed by atoms with E-state index >= 15 is 0 Å². The van der Waals surface area contributed by atoms with Crippen molar-refractivity contribution in [1.82, 2.24) is 10.6 Å². The van der Waals surface area contributed by atoms with Gasteiger partial charge in [0.15, 0.2) is 5.96 Å². The molecule has 0 heterocycles. The molecule has 0 unspecified atom stereocenters. The second-order valence-corrected chi connectivity index (χ2v) is 4.58. The van der Waals surface area contributed by atoms with E-state index in [1.807, 2.05) is 36.4 Å². The zero-order valence-electron chi connectivity index (χ0n) is 12.4. The minimum absolute atomic E-state index is 0. The molecule has 2 rings (SSSR count). The van der Waals surface area contributed by atoms with Gasteiger partial charge < -0.3 is 10.6 Å². The summed E-state index contributed by atoms with van der Waals surface area (Å²) in [4.78, 5) is 4.19. The highest BCUT2D eigenvalue weighted by Gasteiger charge is 1.99. The predicted molar refractivity (Wildman–Crippen MR) is 100 cm³/mol. The number of nitrogens with one attached hydrogen (secondary N) is 2. The Morgan fingerprint density at radius 3 is 2.27 bits per heavy atom. The molecule has 0 saturated heterocycles. The van der Waals surface area contributed by atoms with Gasteiger partial charge >= 0.3 is 0 Å². The second-order valence-electron chi connectivity index (χ2n) is 4.58. The monoisotopic (exact) mass is 406 g/mol. The molecule has 22 heavy (non-hydrogen) atoms. The van der Waals surface area contributed by atoms with Gasteiger partial charge in [0, 0.05) is 20.1 Å². The van der Waals surface area contributed by atoms with Crippen molar-refractivity contribution in [2.75, 3.05) is 7.05 Å². The molecule has 0 bridgehead atoms. The first kappa shape index (κ1) is 18.0. The highest BCUT2D eigenvalue weighted by Crippen LogP contribution is 2.03. The topological polar surface area (TPSA) is 60.2 Å². The summed E-state index contributed by atoms with van der Waals surface area (Å²) in [5.74, 6) is 0.737. The molecule has 2 aromatic carbocycles. The van der Waals surface area contributed by atoms with Gasteiger partial charge in [-0.3, -0.25) is 4.99 Å². The first-order valence-corrected chi connectivity index (χ1v) is 6.79. The maximum Gasteiger partial charge on any atom is 0.191 e. The third-order valence-corrected chi connectivity index (χ3v) is 3.04. The zero-order valence-corrected chi connectivity index (χ0v) is 14.7. The Balaban J connectivity index is 0.00000242. The van der Waals surface area contributed by atoms with Gasteiger partial charge in [0.1, 0.15) is 0 Å². The van der Waals surface area contributed by atoms with Crippen LogP contribution in [0.5, 0.6) is 0 Å². The van der Waals surface area contributed by atoms with Gasteiger partial charge in [-0.25, -0.2) is 0 Å². The van der Waals surface area contributed by atoms with Gasteiger partial charge in [0.25, 0.3) is 0 Å². The molecule has 114 valence electrons. The van der Waals surface area contributed by atoms with Gasteiger partial charge in [0.2, 0.25) is 0 Å².